The highest BCUT2D eigenvalue weighted by atomic mass is 35.5. The van der Waals surface area contributed by atoms with Crippen molar-refractivity contribution in [1.82, 2.24) is 21.3 Å². The van der Waals surface area contributed by atoms with Crippen molar-refractivity contribution in [2.24, 2.45) is 5.92 Å². The highest BCUT2D eigenvalue weighted by Crippen LogP contribution is 2.37. The molecule has 0 aromatic heterocycles. The molecule has 4 N–H and O–H groups in total. The molecule has 5 aromatic rings. The van der Waals surface area contributed by atoms with Crippen molar-refractivity contribution in [3.8, 4) is 5.75 Å². The molecule has 0 spiro atoms. The van der Waals surface area contributed by atoms with Gasteiger partial charge in [-0.3, -0.25) is 24.0 Å². The van der Waals surface area contributed by atoms with E-state index in [0.717, 1.165) is 5.56 Å². The van der Waals surface area contributed by atoms with Gasteiger partial charge in [0.25, 0.3) is 11.7 Å². The van der Waals surface area contributed by atoms with E-state index in [1.54, 1.807) is 6.07 Å². The summed E-state index contributed by atoms with van der Waals surface area (Å²) in [7, 11) is 1.40. The van der Waals surface area contributed by atoms with Crippen LogP contribution in [0, 0.1) is 12.8 Å². The Morgan fingerprint density at radius 1 is 0.683 bits per heavy atom. The van der Waals surface area contributed by atoms with Crippen LogP contribution in [0.5, 0.6) is 5.75 Å². The summed E-state index contributed by atoms with van der Waals surface area (Å²) in [6.45, 7) is 4.59. The molecule has 14 heteroatoms. The van der Waals surface area contributed by atoms with Crippen LogP contribution in [0.15, 0.2) is 133 Å². The summed E-state index contributed by atoms with van der Waals surface area (Å²) in [5.74, 6) is -6.48. The van der Waals surface area contributed by atoms with Crippen molar-refractivity contribution < 1.29 is 41.9 Å². The highest BCUT2D eigenvalue weighted by molar-refractivity contribution is 6.31. The Hall–Kier alpha value is -6.47. The lowest BCUT2D eigenvalue weighted by molar-refractivity contribution is -0.175. The summed E-state index contributed by atoms with van der Waals surface area (Å²) < 4.78 is 46.1. The molecular formula is C46H44ClF3N4O6. The first-order valence-electron chi connectivity index (χ1n) is 18.9. The van der Waals surface area contributed by atoms with Gasteiger partial charge in [-0.1, -0.05) is 134 Å². The maximum absolute atomic E-state index is 14.6. The molecular weight excluding hydrogens is 797 g/mol. The van der Waals surface area contributed by atoms with Crippen molar-refractivity contribution in [2.75, 3.05) is 7.11 Å². The SMILES string of the molecule is COc1ccc(C(NC(=O)C(CC(=O)NC(c2ccccc2)(c2ccccc2)c2ccc(C)cc2)NC(=O)c2cccc(Cl)c2)C(=O)NC(C(=O)C(F)(F)F)C(C)C)cc1. The number of nitrogens with one attached hydrogen (secondary N) is 4. The standard InChI is InChI=1S/C46H44ClF3N4O6/c1-28(2)39(41(56)46(48,49)50)52-44(59)40(30-20-24-36(60-4)25-21-30)53-43(58)37(51-42(57)31-12-11-17-35(47)26-31)27-38(55)54-45(32-13-7-5-8-14-32,33-15-9-6-10-16-33)34-22-18-29(3)19-23-34/h5-26,28,37,39-40H,27H2,1-4H3,(H,51,57)(H,52,59)(H,53,58)(H,54,55). The molecule has 4 amide bonds. The summed E-state index contributed by atoms with van der Waals surface area (Å²) in [4.78, 5) is 69.1. The van der Waals surface area contributed by atoms with Gasteiger partial charge in [0.05, 0.1) is 19.6 Å². The molecule has 5 aromatic carbocycles. The van der Waals surface area contributed by atoms with E-state index in [2.05, 4.69) is 21.3 Å². The number of hydrogen-bond acceptors (Lipinski definition) is 6. The predicted octanol–water partition coefficient (Wildman–Crippen LogP) is 7.38. The molecule has 0 saturated heterocycles. The van der Waals surface area contributed by atoms with Gasteiger partial charge in [-0.05, 0) is 65.4 Å². The number of alkyl halides is 3. The number of ketones is 1. The second kappa shape index (κ2) is 19.5. The average Bonchev–Trinajstić information content (AvgIpc) is 3.23. The maximum Gasteiger partial charge on any atom is 0.452 e. The van der Waals surface area contributed by atoms with E-state index in [9.17, 15) is 37.1 Å². The smallest absolute Gasteiger partial charge is 0.452 e. The fourth-order valence-electron chi connectivity index (χ4n) is 6.71. The van der Waals surface area contributed by atoms with Gasteiger partial charge in [0.1, 0.15) is 23.4 Å². The van der Waals surface area contributed by atoms with Gasteiger partial charge in [0, 0.05) is 10.6 Å². The van der Waals surface area contributed by atoms with Gasteiger partial charge in [0.2, 0.25) is 17.7 Å². The number of benzene rings is 5. The minimum Gasteiger partial charge on any atom is -0.497 e. The molecule has 0 radical (unpaired) electrons. The number of amides is 4. The molecule has 0 aliphatic carbocycles. The average molecular weight is 841 g/mol. The van der Waals surface area contributed by atoms with Crippen LogP contribution in [0.25, 0.3) is 0 Å². The topological polar surface area (TPSA) is 143 Å². The monoisotopic (exact) mass is 840 g/mol. The number of ether oxygens (including phenoxy) is 1. The molecule has 312 valence electrons. The summed E-state index contributed by atoms with van der Waals surface area (Å²) in [5, 5.41) is 10.7. The lowest BCUT2D eigenvalue weighted by Crippen LogP contribution is -2.56. The van der Waals surface area contributed by atoms with Gasteiger partial charge in [-0.2, -0.15) is 13.2 Å². The van der Waals surface area contributed by atoms with Gasteiger partial charge >= 0.3 is 6.18 Å². The van der Waals surface area contributed by atoms with Crippen LogP contribution in [0.1, 0.15) is 64.5 Å². The molecule has 0 fully saturated rings. The third-order valence-electron chi connectivity index (χ3n) is 9.85. The number of Topliss-reactive ketones (excluding diaryl/α,β-unsaturated/α-hetero) is 1. The fraction of sp³-hybridized carbons (Fsp3) is 0.239. The van der Waals surface area contributed by atoms with Crippen molar-refractivity contribution >= 4 is 41.0 Å². The normalized spacial score (nSPS) is 13.0. The van der Waals surface area contributed by atoms with Crippen LogP contribution in [0.4, 0.5) is 13.2 Å². The van der Waals surface area contributed by atoms with Gasteiger partial charge < -0.3 is 26.0 Å². The second-order valence-corrected chi connectivity index (χ2v) is 14.9. The predicted molar refractivity (Wildman–Crippen MR) is 221 cm³/mol. The van der Waals surface area contributed by atoms with Crippen molar-refractivity contribution in [1.29, 1.82) is 0 Å². The van der Waals surface area contributed by atoms with Crippen LogP contribution >= 0.6 is 11.6 Å². The minimum atomic E-state index is -5.27. The number of carbonyl (C=O) groups excluding carboxylic acids is 5. The Bertz CT molecular complexity index is 2250. The summed E-state index contributed by atoms with van der Waals surface area (Å²) in [5.41, 5.74) is 1.86. The quantitative estimate of drug-likeness (QED) is 0.0765. The van der Waals surface area contributed by atoms with Crippen LogP contribution in [-0.4, -0.2) is 54.8 Å². The summed E-state index contributed by atoms with van der Waals surface area (Å²) >= 11 is 6.17. The number of carbonyl (C=O) groups is 5. The first-order chi connectivity index (χ1) is 28.5. The molecule has 3 unspecified atom stereocenters. The molecule has 3 atom stereocenters. The first kappa shape index (κ1) is 44.6. The third kappa shape index (κ3) is 10.8. The number of halogens is 4. The summed E-state index contributed by atoms with van der Waals surface area (Å²) in [6, 6.07) is 32.2. The number of hydrogen-bond donors (Lipinski definition) is 4. The van der Waals surface area contributed by atoms with Crippen molar-refractivity contribution in [2.45, 2.75) is 57.0 Å². The molecule has 5 rings (SSSR count). The number of aryl methyl sites for hydroxylation is 1. The Morgan fingerprint density at radius 3 is 1.77 bits per heavy atom. The zero-order valence-corrected chi connectivity index (χ0v) is 33.9. The Labute approximate surface area is 350 Å². The van der Waals surface area contributed by atoms with E-state index in [1.165, 1.54) is 63.4 Å². The molecule has 0 saturated carbocycles. The zero-order valence-electron chi connectivity index (χ0n) is 33.2. The lowest BCUT2D eigenvalue weighted by atomic mass is 9.76. The molecule has 0 heterocycles. The Morgan fingerprint density at radius 2 is 1.25 bits per heavy atom. The second-order valence-electron chi connectivity index (χ2n) is 14.4. The van der Waals surface area contributed by atoms with Gasteiger partial charge in [-0.15, -0.1) is 0 Å². The van der Waals surface area contributed by atoms with E-state index < -0.39 is 71.6 Å². The minimum absolute atomic E-state index is 0.0539. The van der Waals surface area contributed by atoms with Crippen LogP contribution in [0.3, 0.4) is 0 Å². The lowest BCUT2D eigenvalue weighted by Gasteiger charge is -2.37. The zero-order chi connectivity index (χ0) is 43.6. The highest BCUT2D eigenvalue weighted by Gasteiger charge is 2.46. The third-order valence-corrected chi connectivity index (χ3v) is 10.1. The van der Waals surface area contributed by atoms with Crippen LogP contribution in [0.2, 0.25) is 5.02 Å². The van der Waals surface area contributed by atoms with E-state index in [-0.39, 0.29) is 16.1 Å². The number of rotatable bonds is 16. The summed E-state index contributed by atoms with van der Waals surface area (Å²) in [6.07, 6.45) is -5.94. The Balaban J connectivity index is 1.56. The molecule has 60 heavy (non-hydrogen) atoms. The largest absolute Gasteiger partial charge is 0.497 e. The van der Waals surface area contributed by atoms with Gasteiger partial charge in [-0.25, -0.2) is 0 Å². The van der Waals surface area contributed by atoms with Crippen molar-refractivity contribution in [3.63, 3.8) is 0 Å². The van der Waals surface area contributed by atoms with Crippen molar-refractivity contribution in [3.05, 3.63) is 172 Å². The van der Waals surface area contributed by atoms with E-state index in [4.69, 9.17) is 16.3 Å². The molecule has 0 aliphatic rings. The molecule has 0 aliphatic heterocycles. The van der Waals surface area contributed by atoms with Crippen LogP contribution in [-0.2, 0) is 24.7 Å². The van der Waals surface area contributed by atoms with Crippen LogP contribution < -0.4 is 26.0 Å². The van der Waals surface area contributed by atoms with E-state index >= 15 is 0 Å². The maximum atomic E-state index is 14.6. The number of methoxy groups -OCH3 is 1. The van der Waals surface area contributed by atoms with E-state index in [0.29, 0.717) is 22.4 Å². The Kier molecular flexibility index (Phi) is 14.5. The first-order valence-corrected chi connectivity index (χ1v) is 19.3. The van der Waals surface area contributed by atoms with Gasteiger partial charge in [0.15, 0.2) is 0 Å². The molecule has 10 nitrogen and oxygen atoms in total. The van der Waals surface area contributed by atoms with E-state index in [1.807, 2.05) is 91.9 Å². The molecule has 0 bridgehead atoms. The fourth-order valence-corrected chi connectivity index (χ4v) is 6.90.